The summed E-state index contributed by atoms with van der Waals surface area (Å²) in [6.45, 7) is 5.37. The maximum atomic E-state index is 4.25. The summed E-state index contributed by atoms with van der Waals surface area (Å²) in [6.07, 6.45) is 4.09. The van der Waals surface area contributed by atoms with Crippen molar-refractivity contribution in [1.82, 2.24) is 10.3 Å². The molecule has 3 heteroatoms. The first-order valence-corrected chi connectivity index (χ1v) is 6.31. The minimum absolute atomic E-state index is 0.788. The first kappa shape index (κ1) is 10.1. The van der Waals surface area contributed by atoms with Gasteiger partial charge in [0, 0.05) is 17.5 Å². The number of hydrogen-bond acceptors (Lipinski definition) is 3. The van der Waals surface area contributed by atoms with E-state index >= 15 is 0 Å². The number of aromatic nitrogens is 1. The van der Waals surface area contributed by atoms with E-state index in [9.17, 15) is 0 Å². The van der Waals surface area contributed by atoms with E-state index in [1.165, 1.54) is 29.8 Å². The fourth-order valence-electron chi connectivity index (χ4n) is 1.91. The molecule has 1 fully saturated rings. The SMILES string of the molecule is CCCC1CC1NCc1scnc1C. The molecule has 1 saturated carbocycles. The number of nitrogens with one attached hydrogen (secondary N) is 1. The third-order valence-corrected chi connectivity index (χ3v) is 3.89. The molecule has 1 N–H and O–H groups in total. The lowest BCUT2D eigenvalue weighted by Crippen LogP contribution is -2.17. The zero-order valence-corrected chi connectivity index (χ0v) is 9.73. The van der Waals surface area contributed by atoms with Crippen LogP contribution in [0, 0.1) is 12.8 Å². The molecule has 0 amide bonds. The Morgan fingerprint density at radius 1 is 1.64 bits per heavy atom. The largest absolute Gasteiger partial charge is 0.309 e. The van der Waals surface area contributed by atoms with Crippen molar-refractivity contribution in [2.75, 3.05) is 0 Å². The first-order valence-electron chi connectivity index (χ1n) is 5.43. The van der Waals surface area contributed by atoms with E-state index in [4.69, 9.17) is 0 Å². The molecule has 1 aliphatic carbocycles. The molecule has 0 saturated heterocycles. The molecule has 78 valence electrons. The van der Waals surface area contributed by atoms with Crippen molar-refractivity contribution in [3.05, 3.63) is 16.1 Å². The standard InChI is InChI=1S/C11H18N2S/c1-3-4-9-5-10(9)12-6-11-8(2)13-7-14-11/h7,9-10,12H,3-6H2,1-2H3. The fourth-order valence-corrected chi connectivity index (χ4v) is 2.64. The van der Waals surface area contributed by atoms with Crippen molar-refractivity contribution < 1.29 is 0 Å². The summed E-state index contributed by atoms with van der Waals surface area (Å²) in [4.78, 5) is 5.64. The van der Waals surface area contributed by atoms with E-state index in [-0.39, 0.29) is 0 Å². The molecule has 1 aliphatic rings. The van der Waals surface area contributed by atoms with Gasteiger partial charge in [0.1, 0.15) is 0 Å². The zero-order chi connectivity index (χ0) is 9.97. The van der Waals surface area contributed by atoms with Crippen molar-refractivity contribution in [3.8, 4) is 0 Å². The van der Waals surface area contributed by atoms with Crippen LogP contribution in [0.4, 0.5) is 0 Å². The van der Waals surface area contributed by atoms with Gasteiger partial charge in [-0.05, 0) is 25.7 Å². The van der Waals surface area contributed by atoms with Crippen LogP contribution in [0.25, 0.3) is 0 Å². The van der Waals surface area contributed by atoms with Crippen LogP contribution in [0.5, 0.6) is 0 Å². The highest BCUT2D eigenvalue weighted by Crippen LogP contribution is 2.34. The average molecular weight is 210 g/mol. The van der Waals surface area contributed by atoms with Gasteiger partial charge in [-0.25, -0.2) is 4.98 Å². The summed E-state index contributed by atoms with van der Waals surface area (Å²) in [6, 6.07) is 0.788. The second-order valence-electron chi connectivity index (χ2n) is 4.13. The zero-order valence-electron chi connectivity index (χ0n) is 8.92. The molecule has 2 unspecified atom stereocenters. The van der Waals surface area contributed by atoms with Gasteiger partial charge < -0.3 is 5.32 Å². The Hall–Kier alpha value is -0.410. The highest BCUT2D eigenvalue weighted by Gasteiger charge is 2.35. The van der Waals surface area contributed by atoms with Crippen LogP contribution in [0.15, 0.2) is 5.51 Å². The predicted octanol–water partition coefficient (Wildman–Crippen LogP) is 2.73. The van der Waals surface area contributed by atoms with Gasteiger partial charge in [0.2, 0.25) is 0 Å². The second kappa shape index (κ2) is 4.41. The minimum atomic E-state index is 0.788. The summed E-state index contributed by atoms with van der Waals surface area (Å²) in [7, 11) is 0. The normalized spacial score (nSPS) is 25.3. The van der Waals surface area contributed by atoms with Crippen LogP contribution < -0.4 is 5.32 Å². The van der Waals surface area contributed by atoms with Gasteiger partial charge >= 0.3 is 0 Å². The van der Waals surface area contributed by atoms with Crippen LogP contribution in [-0.4, -0.2) is 11.0 Å². The van der Waals surface area contributed by atoms with Crippen molar-refractivity contribution in [1.29, 1.82) is 0 Å². The monoisotopic (exact) mass is 210 g/mol. The van der Waals surface area contributed by atoms with Gasteiger partial charge in [-0.3, -0.25) is 0 Å². The number of rotatable bonds is 5. The van der Waals surface area contributed by atoms with E-state index in [0.29, 0.717) is 0 Å². The van der Waals surface area contributed by atoms with E-state index in [0.717, 1.165) is 18.5 Å². The Morgan fingerprint density at radius 3 is 3.14 bits per heavy atom. The van der Waals surface area contributed by atoms with Crippen molar-refractivity contribution in [3.63, 3.8) is 0 Å². The topological polar surface area (TPSA) is 24.9 Å². The molecule has 2 nitrogen and oxygen atoms in total. The molecule has 2 atom stereocenters. The van der Waals surface area contributed by atoms with Crippen LogP contribution in [-0.2, 0) is 6.54 Å². The van der Waals surface area contributed by atoms with Crippen molar-refractivity contribution in [2.24, 2.45) is 5.92 Å². The maximum absolute atomic E-state index is 4.25. The van der Waals surface area contributed by atoms with Gasteiger partial charge in [-0.1, -0.05) is 13.3 Å². The third kappa shape index (κ3) is 2.34. The van der Waals surface area contributed by atoms with Crippen LogP contribution in [0.3, 0.4) is 0 Å². The van der Waals surface area contributed by atoms with Gasteiger partial charge in [0.05, 0.1) is 11.2 Å². The minimum Gasteiger partial charge on any atom is -0.309 e. The third-order valence-electron chi connectivity index (χ3n) is 2.95. The molecule has 1 aromatic rings. The quantitative estimate of drug-likeness (QED) is 0.808. The molecule has 0 spiro atoms. The summed E-state index contributed by atoms with van der Waals surface area (Å²) in [5.74, 6) is 0.952. The predicted molar refractivity (Wildman–Crippen MR) is 60.5 cm³/mol. The average Bonchev–Trinajstić information content (AvgIpc) is 2.78. The summed E-state index contributed by atoms with van der Waals surface area (Å²) < 4.78 is 0. The molecule has 2 rings (SSSR count). The second-order valence-corrected chi connectivity index (χ2v) is 5.07. The summed E-state index contributed by atoms with van der Waals surface area (Å²) >= 11 is 1.76. The lowest BCUT2D eigenvalue weighted by Gasteiger charge is -2.02. The van der Waals surface area contributed by atoms with E-state index in [2.05, 4.69) is 24.1 Å². The number of hydrogen-bond donors (Lipinski definition) is 1. The molecule has 14 heavy (non-hydrogen) atoms. The van der Waals surface area contributed by atoms with Crippen molar-refractivity contribution >= 4 is 11.3 Å². The molecule has 0 bridgehead atoms. The molecule has 1 heterocycles. The van der Waals surface area contributed by atoms with Crippen LogP contribution in [0.2, 0.25) is 0 Å². The number of nitrogens with zero attached hydrogens (tertiary/aromatic N) is 1. The molecular formula is C11H18N2S. The smallest absolute Gasteiger partial charge is 0.0798 e. The van der Waals surface area contributed by atoms with E-state index in [1.54, 1.807) is 11.3 Å². The summed E-state index contributed by atoms with van der Waals surface area (Å²) in [5, 5.41) is 3.61. The van der Waals surface area contributed by atoms with Gasteiger partial charge in [-0.15, -0.1) is 11.3 Å². The molecule has 1 aromatic heterocycles. The Morgan fingerprint density at radius 2 is 2.50 bits per heavy atom. The fraction of sp³-hybridized carbons (Fsp3) is 0.727. The molecular weight excluding hydrogens is 192 g/mol. The lowest BCUT2D eigenvalue weighted by molar-refractivity contribution is 0.601. The lowest BCUT2D eigenvalue weighted by atomic mass is 10.2. The van der Waals surface area contributed by atoms with Crippen LogP contribution in [0.1, 0.15) is 36.8 Å². The number of thiazole rings is 1. The highest BCUT2D eigenvalue weighted by molar-refractivity contribution is 7.09. The Bertz CT molecular complexity index is 295. The number of aryl methyl sites for hydroxylation is 1. The van der Waals surface area contributed by atoms with Crippen molar-refractivity contribution in [2.45, 2.75) is 45.7 Å². The van der Waals surface area contributed by atoms with Crippen LogP contribution >= 0.6 is 11.3 Å². The van der Waals surface area contributed by atoms with Gasteiger partial charge in [0.25, 0.3) is 0 Å². The Labute approximate surface area is 89.8 Å². The van der Waals surface area contributed by atoms with E-state index in [1.807, 2.05) is 5.51 Å². The maximum Gasteiger partial charge on any atom is 0.0798 e. The van der Waals surface area contributed by atoms with Gasteiger partial charge in [-0.2, -0.15) is 0 Å². The molecule has 0 radical (unpaired) electrons. The molecule has 0 aliphatic heterocycles. The molecule has 0 aromatic carbocycles. The Kier molecular flexibility index (Phi) is 3.19. The highest BCUT2D eigenvalue weighted by atomic mass is 32.1. The Balaban J connectivity index is 1.72. The van der Waals surface area contributed by atoms with E-state index < -0.39 is 0 Å². The first-order chi connectivity index (χ1) is 6.81. The van der Waals surface area contributed by atoms with Gasteiger partial charge in [0.15, 0.2) is 0 Å². The summed E-state index contributed by atoms with van der Waals surface area (Å²) in [5.41, 5.74) is 3.12.